The van der Waals surface area contributed by atoms with Gasteiger partial charge in [-0.1, -0.05) is 37.7 Å². The molecule has 0 bridgehead atoms. The average molecular weight is 375 g/mol. The Balaban J connectivity index is 2.11. The molecule has 0 unspecified atom stereocenters. The fourth-order valence-corrected chi connectivity index (χ4v) is 3.14. The number of methoxy groups -OCH3 is 1. The number of aromatic nitrogens is 4. The minimum atomic E-state index is -0.371. The van der Waals surface area contributed by atoms with Crippen molar-refractivity contribution in [3.63, 3.8) is 0 Å². The summed E-state index contributed by atoms with van der Waals surface area (Å²) in [5.41, 5.74) is 8.54. The molecule has 0 aliphatic rings. The number of nitrogens with two attached hydrogens (primary N) is 1. The first-order valence-electron chi connectivity index (χ1n) is 7.92. The number of rotatable bonds is 5. The molecule has 0 amide bonds. The van der Waals surface area contributed by atoms with Crippen LogP contribution in [0.5, 0.6) is 0 Å². The van der Waals surface area contributed by atoms with E-state index in [2.05, 4.69) is 19.8 Å². The topological polar surface area (TPSA) is 95.4 Å². The molecule has 3 aromatic rings. The Morgan fingerprint density at radius 2 is 2.00 bits per heavy atom. The molecule has 2 N–H and O–H groups in total. The third-order valence-electron chi connectivity index (χ3n) is 3.76. The molecule has 0 radical (unpaired) electrons. The van der Waals surface area contributed by atoms with Crippen molar-refractivity contribution in [1.29, 1.82) is 0 Å². The van der Waals surface area contributed by atoms with Gasteiger partial charge in [-0.3, -0.25) is 4.79 Å². The van der Waals surface area contributed by atoms with Crippen molar-refractivity contribution in [2.24, 2.45) is 0 Å². The van der Waals surface area contributed by atoms with Gasteiger partial charge in [-0.05, 0) is 23.6 Å². The molecule has 0 fully saturated rings. The van der Waals surface area contributed by atoms with E-state index in [0.29, 0.717) is 22.3 Å². The number of fused-ring (bicyclic) bond motifs is 1. The number of hydrogen-bond acceptors (Lipinski definition) is 7. The van der Waals surface area contributed by atoms with E-state index in [1.54, 1.807) is 12.1 Å². The quantitative estimate of drug-likeness (QED) is 0.541. The third kappa shape index (κ3) is 3.48. The van der Waals surface area contributed by atoms with Crippen molar-refractivity contribution in [1.82, 2.24) is 19.6 Å². The predicted octanol–water partition coefficient (Wildman–Crippen LogP) is 2.90. The Bertz CT molecular complexity index is 956. The van der Waals surface area contributed by atoms with Crippen LogP contribution in [0.2, 0.25) is 0 Å². The van der Waals surface area contributed by atoms with Crippen molar-refractivity contribution in [3.05, 3.63) is 35.8 Å². The van der Waals surface area contributed by atoms with Crippen LogP contribution in [0.1, 0.15) is 25.5 Å². The van der Waals surface area contributed by atoms with Crippen LogP contribution < -0.4 is 5.73 Å². The summed E-state index contributed by atoms with van der Waals surface area (Å²) < 4.78 is 19.3. The second-order valence-corrected chi connectivity index (χ2v) is 6.83. The first-order chi connectivity index (χ1) is 12.4. The molecule has 0 saturated carbocycles. The van der Waals surface area contributed by atoms with Gasteiger partial charge in [0.1, 0.15) is 11.6 Å². The first-order valence-corrected chi connectivity index (χ1v) is 8.91. The van der Waals surface area contributed by atoms with Gasteiger partial charge in [-0.15, -0.1) is 5.10 Å². The van der Waals surface area contributed by atoms with Crippen molar-refractivity contribution >= 4 is 29.3 Å². The molecule has 0 saturated heterocycles. The van der Waals surface area contributed by atoms with Crippen molar-refractivity contribution in [3.8, 4) is 11.1 Å². The van der Waals surface area contributed by atoms with Crippen LogP contribution in [0, 0.1) is 5.82 Å². The fourth-order valence-electron chi connectivity index (χ4n) is 2.49. The number of carbonyl (C=O) groups is 1. The summed E-state index contributed by atoms with van der Waals surface area (Å²) in [5, 5.41) is 4.70. The van der Waals surface area contributed by atoms with Gasteiger partial charge in [0.2, 0.25) is 5.16 Å². The molecular formula is C17H18FN5O2S. The van der Waals surface area contributed by atoms with Crippen LogP contribution in [0.25, 0.3) is 16.9 Å². The smallest absolute Gasteiger partial charge is 0.316 e. The first kappa shape index (κ1) is 18.1. The average Bonchev–Trinajstić information content (AvgIpc) is 3.04. The van der Waals surface area contributed by atoms with Crippen LogP contribution >= 0.6 is 11.8 Å². The lowest BCUT2D eigenvalue weighted by Crippen LogP contribution is -2.08. The Kier molecular flexibility index (Phi) is 5.08. The molecule has 9 heteroatoms. The number of ether oxygens (including phenoxy) is 1. The molecule has 0 atom stereocenters. The van der Waals surface area contributed by atoms with Gasteiger partial charge in [-0.25, -0.2) is 9.37 Å². The zero-order valence-corrected chi connectivity index (χ0v) is 15.4. The maximum absolute atomic E-state index is 13.3. The minimum absolute atomic E-state index is 0.0743. The van der Waals surface area contributed by atoms with Gasteiger partial charge in [0.25, 0.3) is 5.78 Å². The van der Waals surface area contributed by atoms with Crippen molar-refractivity contribution < 1.29 is 13.9 Å². The lowest BCUT2D eigenvalue weighted by atomic mass is 9.98. The Hall–Kier alpha value is -2.68. The fraction of sp³-hybridized carbons (Fsp3) is 0.294. The number of nitrogen functional groups attached to an aromatic ring is 1. The van der Waals surface area contributed by atoms with Gasteiger partial charge >= 0.3 is 5.97 Å². The third-order valence-corrected chi connectivity index (χ3v) is 4.57. The number of hydrogen-bond donors (Lipinski definition) is 1. The second kappa shape index (κ2) is 7.28. The molecule has 1 aromatic carbocycles. The lowest BCUT2D eigenvalue weighted by molar-refractivity contribution is -0.137. The van der Waals surface area contributed by atoms with Gasteiger partial charge in [-0.2, -0.15) is 9.50 Å². The largest absolute Gasteiger partial charge is 0.468 e. The molecule has 0 aliphatic carbocycles. The molecule has 3 rings (SSSR count). The van der Waals surface area contributed by atoms with Gasteiger partial charge < -0.3 is 10.5 Å². The van der Waals surface area contributed by atoms with E-state index in [1.165, 1.54) is 23.8 Å². The SMILES string of the molecule is COC(=O)CSc1nc2nc(C(C)C)c(-c3ccc(F)cc3)c(N)n2n1. The van der Waals surface area contributed by atoms with Gasteiger partial charge in [0.05, 0.1) is 18.6 Å². The normalized spacial score (nSPS) is 11.3. The van der Waals surface area contributed by atoms with Gasteiger partial charge in [0.15, 0.2) is 0 Å². The van der Waals surface area contributed by atoms with E-state index >= 15 is 0 Å². The van der Waals surface area contributed by atoms with E-state index in [1.807, 2.05) is 13.8 Å². The monoisotopic (exact) mass is 375 g/mol. The number of esters is 1. The summed E-state index contributed by atoms with van der Waals surface area (Å²) in [6.07, 6.45) is 0. The molecule has 2 heterocycles. The summed E-state index contributed by atoms with van der Waals surface area (Å²) >= 11 is 1.14. The number of benzene rings is 1. The number of nitrogens with zero attached hydrogens (tertiary/aromatic N) is 4. The van der Waals surface area contributed by atoms with E-state index in [4.69, 9.17) is 5.73 Å². The molecule has 0 spiro atoms. The number of halogens is 1. The summed E-state index contributed by atoms with van der Waals surface area (Å²) in [5.74, 6) is 0.187. The highest BCUT2D eigenvalue weighted by molar-refractivity contribution is 7.99. The summed E-state index contributed by atoms with van der Waals surface area (Å²) in [6.45, 7) is 3.99. The summed E-state index contributed by atoms with van der Waals surface area (Å²) in [4.78, 5) is 20.2. The van der Waals surface area contributed by atoms with Crippen LogP contribution in [-0.2, 0) is 9.53 Å². The Labute approximate surface area is 153 Å². The molecular weight excluding hydrogens is 357 g/mol. The van der Waals surface area contributed by atoms with E-state index < -0.39 is 0 Å². The number of anilines is 1. The number of carbonyl (C=O) groups excluding carboxylic acids is 1. The highest BCUT2D eigenvalue weighted by Crippen LogP contribution is 2.33. The van der Waals surface area contributed by atoms with Crippen LogP contribution in [0.15, 0.2) is 29.4 Å². The Morgan fingerprint density at radius 1 is 1.31 bits per heavy atom. The van der Waals surface area contributed by atoms with Crippen molar-refractivity contribution in [2.75, 3.05) is 18.6 Å². The Morgan fingerprint density at radius 3 is 2.62 bits per heavy atom. The summed E-state index contributed by atoms with van der Waals surface area (Å²) in [7, 11) is 1.32. The number of thioether (sulfide) groups is 1. The molecule has 2 aromatic heterocycles. The maximum Gasteiger partial charge on any atom is 0.316 e. The van der Waals surface area contributed by atoms with E-state index in [9.17, 15) is 9.18 Å². The molecule has 136 valence electrons. The highest BCUT2D eigenvalue weighted by atomic mass is 32.2. The molecule has 26 heavy (non-hydrogen) atoms. The standard InChI is InChI=1S/C17H18FN5O2S/c1-9(2)14-13(10-4-6-11(18)7-5-10)15(19)23-16(20-14)21-17(22-23)26-8-12(24)25-3/h4-7,9H,8,19H2,1-3H3. The molecule has 7 nitrogen and oxygen atoms in total. The van der Waals surface area contributed by atoms with Crippen LogP contribution in [-0.4, -0.2) is 38.4 Å². The predicted molar refractivity (Wildman–Crippen MR) is 97.4 cm³/mol. The van der Waals surface area contributed by atoms with E-state index in [0.717, 1.165) is 23.0 Å². The van der Waals surface area contributed by atoms with Gasteiger partial charge in [0, 0.05) is 5.56 Å². The highest BCUT2D eigenvalue weighted by Gasteiger charge is 2.20. The zero-order chi connectivity index (χ0) is 18.8. The zero-order valence-electron chi connectivity index (χ0n) is 14.6. The minimum Gasteiger partial charge on any atom is -0.468 e. The maximum atomic E-state index is 13.3. The molecule has 0 aliphatic heterocycles. The van der Waals surface area contributed by atoms with Crippen molar-refractivity contribution in [2.45, 2.75) is 24.9 Å². The summed E-state index contributed by atoms with van der Waals surface area (Å²) in [6, 6.07) is 6.07. The lowest BCUT2D eigenvalue weighted by Gasteiger charge is -2.15. The van der Waals surface area contributed by atoms with Crippen LogP contribution in [0.4, 0.5) is 10.2 Å². The second-order valence-electron chi connectivity index (χ2n) is 5.89. The van der Waals surface area contributed by atoms with E-state index in [-0.39, 0.29) is 23.5 Å². The van der Waals surface area contributed by atoms with Crippen LogP contribution in [0.3, 0.4) is 0 Å².